The van der Waals surface area contributed by atoms with Gasteiger partial charge in [-0.25, -0.2) is 8.42 Å². The maximum Gasteiger partial charge on any atom is 0.232 e. The van der Waals surface area contributed by atoms with E-state index >= 15 is 0 Å². The van der Waals surface area contributed by atoms with E-state index in [2.05, 4.69) is 0 Å². The predicted molar refractivity (Wildman–Crippen MR) is 43.7 cm³/mol. The van der Waals surface area contributed by atoms with Gasteiger partial charge in [0, 0.05) is 17.1 Å². The summed E-state index contributed by atoms with van der Waals surface area (Å²) in [5, 5.41) is 8.13. The van der Waals surface area contributed by atoms with Gasteiger partial charge in [-0.15, -0.1) is 0 Å². The van der Waals surface area contributed by atoms with Crippen LogP contribution in [0.1, 0.15) is 25.7 Å². The molecule has 0 saturated carbocycles. The van der Waals surface area contributed by atoms with Gasteiger partial charge in [-0.05, 0) is 12.8 Å². The Kier molecular flexibility index (Phi) is 5.26. The Morgan fingerprint density at radius 3 is 2.36 bits per heavy atom. The van der Waals surface area contributed by atoms with Crippen LogP contribution in [0.15, 0.2) is 0 Å². The normalized spacial score (nSPS) is 10.9. The van der Waals surface area contributed by atoms with Crippen LogP contribution in [-0.2, 0) is 9.05 Å². The van der Waals surface area contributed by atoms with Crippen molar-refractivity contribution < 1.29 is 8.42 Å². The fourth-order valence-corrected chi connectivity index (χ4v) is 1.53. The van der Waals surface area contributed by atoms with Gasteiger partial charge in [0.25, 0.3) is 0 Å². The number of unbranched alkanes of at least 4 members (excludes halogenated alkanes) is 3. The molecule has 0 radical (unpaired) electrons. The SMILES string of the molecule is N#CCCCCCS(=O)(=O)Cl. The number of nitrogens with zero attached hydrogens (tertiary/aromatic N) is 1. The molecule has 0 bridgehead atoms. The number of nitriles is 1. The molecule has 0 atom stereocenters. The minimum absolute atomic E-state index is 0.0139. The molecule has 0 aliphatic carbocycles. The molecule has 0 aromatic heterocycles. The van der Waals surface area contributed by atoms with Crippen LogP contribution in [0.5, 0.6) is 0 Å². The summed E-state index contributed by atoms with van der Waals surface area (Å²) in [6.07, 6.45) is 2.54. The van der Waals surface area contributed by atoms with Crippen molar-refractivity contribution in [1.29, 1.82) is 5.26 Å². The number of hydrogen-bond acceptors (Lipinski definition) is 3. The van der Waals surface area contributed by atoms with Crippen LogP contribution in [0, 0.1) is 11.3 Å². The van der Waals surface area contributed by atoms with Gasteiger partial charge < -0.3 is 0 Å². The first-order valence-corrected chi connectivity index (χ1v) is 5.83. The molecule has 0 aliphatic heterocycles. The van der Waals surface area contributed by atoms with Crippen LogP contribution >= 0.6 is 10.7 Å². The van der Waals surface area contributed by atoms with Crippen molar-refractivity contribution in [2.75, 3.05) is 5.75 Å². The number of rotatable bonds is 5. The van der Waals surface area contributed by atoms with Crippen molar-refractivity contribution in [3.05, 3.63) is 0 Å². The number of hydrogen-bond donors (Lipinski definition) is 0. The van der Waals surface area contributed by atoms with Gasteiger partial charge in [0.2, 0.25) is 9.05 Å². The Labute approximate surface area is 71.4 Å². The zero-order chi connectivity index (χ0) is 8.74. The molecule has 5 heteroatoms. The van der Waals surface area contributed by atoms with E-state index < -0.39 is 9.05 Å². The molecule has 0 aromatic rings. The van der Waals surface area contributed by atoms with Gasteiger partial charge in [-0.3, -0.25) is 0 Å². The molecular weight excluding hydrogens is 186 g/mol. The van der Waals surface area contributed by atoms with Gasteiger partial charge in [0.05, 0.1) is 11.8 Å². The average molecular weight is 196 g/mol. The number of halogens is 1. The van der Waals surface area contributed by atoms with E-state index in [-0.39, 0.29) is 5.75 Å². The monoisotopic (exact) mass is 195 g/mol. The molecule has 0 spiro atoms. The summed E-state index contributed by atoms with van der Waals surface area (Å²) < 4.78 is 20.7. The molecule has 0 heterocycles. The summed E-state index contributed by atoms with van der Waals surface area (Å²) in [6, 6.07) is 1.98. The molecule has 0 aliphatic rings. The molecule has 3 nitrogen and oxygen atoms in total. The maximum atomic E-state index is 10.4. The lowest BCUT2D eigenvalue weighted by Crippen LogP contribution is -1.96. The first-order chi connectivity index (χ1) is 5.06. The smallest absolute Gasteiger partial charge is 0.212 e. The van der Waals surface area contributed by atoms with E-state index in [1.165, 1.54) is 0 Å². The van der Waals surface area contributed by atoms with E-state index in [0.29, 0.717) is 12.8 Å². The van der Waals surface area contributed by atoms with Crippen LogP contribution in [-0.4, -0.2) is 14.2 Å². The molecule has 0 unspecified atom stereocenters. The highest BCUT2D eigenvalue weighted by Gasteiger charge is 2.02. The van der Waals surface area contributed by atoms with Gasteiger partial charge in [-0.1, -0.05) is 6.42 Å². The zero-order valence-corrected chi connectivity index (χ0v) is 7.66. The molecule has 11 heavy (non-hydrogen) atoms. The van der Waals surface area contributed by atoms with E-state index in [0.717, 1.165) is 12.8 Å². The minimum atomic E-state index is -3.32. The van der Waals surface area contributed by atoms with Gasteiger partial charge in [-0.2, -0.15) is 5.26 Å². The van der Waals surface area contributed by atoms with E-state index in [4.69, 9.17) is 15.9 Å². The fourth-order valence-electron chi connectivity index (χ4n) is 0.655. The summed E-state index contributed by atoms with van der Waals surface area (Å²) >= 11 is 0. The summed E-state index contributed by atoms with van der Waals surface area (Å²) in [7, 11) is 1.63. The lowest BCUT2D eigenvalue weighted by Gasteiger charge is -1.93. The van der Waals surface area contributed by atoms with Crippen molar-refractivity contribution in [3.8, 4) is 6.07 Å². The van der Waals surface area contributed by atoms with Crippen molar-refractivity contribution in [3.63, 3.8) is 0 Å². The summed E-state index contributed by atoms with van der Waals surface area (Å²) in [6.45, 7) is 0. The Morgan fingerprint density at radius 1 is 1.27 bits per heavy atom. The van der Waals surface area contributed by atoms with E-state index in [9.17, 15) is 8.42 Å². The second-order valence-corrected chi connectivity index (χ2v) is 5.11. The van der Waals surface area contributed by atoms with Crippen molar-refractivity contribution in [1.82, 2.24) is 0 Å². The third kappa shape index (κ3) is 9.73. The van der Waals surface area contributed by atoms with Gasteiger partial charge >= 0.3 is 0 Å². The average Bonchev–Trinajstić information content (AvgIpc) is 1.85. The second kappa shape index (κ2) is 5.39. The summed E-state index contributed by atoms with van der Waals surface area (Å²) in [5.74, 6) is 0.0139. The van der Waals surface area contributed by atoms with Crippen molar-refractivity contribution in [2.24, 2.45) is 0 Å². The third-order valence-corrected chi connectivity index (χ3v) is 2.42. The van der Waals surface area contributed by atoms with E-state index in [1.54, 1.807) is 0 Å². The van der Waals surface area contributed by atoms with Crippen LogP contribution < -0.4 is 0 Å². The van der Waals surface area contributed by atoms with Crippen molar-refractivity contribution >= 4 is 19.7 Å². The highest BCUT2D eigenvalue weighted by molar-refractivity contribution is 8.13. The Bertz CT molecular complexity index is 229. The topological polar surface area (TPSA) is 57.9 Å². The van der Waals surface area contributed by atoms with Gasteiger partial charge in [0.15, 0.2) is 0 Å². The highest BCUT2D eigenvalue weighted by atomic mass is 35.7. The Hall–Kier alpha value is -0.270. The standard InChI is InChI=1S/C6H10ClNO2S/c7-11(9,10)6-4-2-1-3-5-8/h1-4,6H2. The predicted octanol–water partition coefficient (Wildman–Crippen LogP) is 1.64. The molecule has 0 amide bonds. The molecule has 0 aromatic carbocycles. The molecular formula is C6H10ClNO2S. The lowest BCUT2D eigenvalue weighted by atomic mass is 10.2. The van der Waals surface area contributed by atoms with Crippen LogP contribution in [0.2, 0.25) is 0 Å². The van der Waals surface area contributed by atoms with Gasteiger partial charge in [0.1, 0.15) is 0 Å². The van der Waals surface area contributed by atoms with Crippen LogP contribution in [0.25, 0.3) is 0 Å². The van der Waals surface area contributed by atoms with Crippen LogP contribution in [0.3, 0.4) is 0 Å². The Morgan fingerprint density at radius 2 is 1.91 bits per heavy atom. The Balaban J connectivity index is 3.24. The molecule has 0 saturated heterocycles. The molecule has 0 N–H and O–H groups in total. The molecule has 0 rings (SSSR count). The third-order valence-electron chi connectivity index (χ3n) is 1.18. The largest absolute Gasteiger partial charge is 0.232 e. The quantitative estimate of drug-likeness (QED) is 0.495. The zero-order valence-electron chi connectivity index (χ0n) is 6.09. The first-order valence-electron chi connectivity index (χ1n) is 3.35. The second-order valence-electron chi connectivity index (χ2n) is 2.21. The first kappa shape index (κ1) is 10.7. The highest BCUT2D eigenvalue weighted by Crippen LogP contribution is 2.04. The summed E-state index contributed by atoms with van der Waals surface area (Å²) in [5.41, 5.74) is 0. The van der Waals surface area contributed by atoms with E-state index in [1.807, 2.05) is 6.07 Å². The summed E-state index contributed by atoms with van der Waals surface area (Å²) in [4.78, 5) is 0. The lowest BCUT2D eigenvalue weighted by molar-refractivity contribution is 0.603. The van der Waals surface area contributed by atoms with Crippen LogP contribution in [0.4, 0.5) is 0 Å². The minimum Gasteiger partial charge on any atom is -0.212 e. The fraction of sp³-hybridized carbons (Fsp3) is 0.833. The molecule has 0 fully saturated rings. The molecule has 64 valence electrons. The van der Waals surface area contributed by atoms with Crippen molar-refractivity contribution in [2.45, 2.75) is 25.7 Å². The maximum absolute atomic E-state index is 10.4.